The number of terminal acetylenes is 1. The van der Waals surface area contributed by atoms with Crippen molar-refractivity contribution in [3.63, 3.8) is 0 Å². The van der Waals surface area contributed by atoms with Gasteiger partial charge in [-0.05, 0) is 19.1 Å². The smallest absolute Gasteiger partial charge is 0.305 e. The Balaban J connectivity index is 2.53. The monoisotopic (exact) mass is 282 g/mol. The highest BCUT2D eigenvalue weighted by Crippen LogP contribution is 2.32. The molecular weight excluding hydrogens is 264 g/mol. The molecule has 0 amide bonds. The zero-order valence-electron chi connectivity index (χ0n) is 11.9. The van der Waals surface area contributed by atoms with E-state index in [0.717, 1.165) is 16.5 Å². The van der Waals surface area contributed by atoms with Crippen LogP contribution < -0.4 is 10.6 Å². The van der Waals surface area contributed by atoms with E-state index in [1.807, 2.05) is 48.2 Å². The molecular formula is C17H18N2O2. The zero-order valence-corrected chi connectivity index (χ0v) is 11.9. The molecule has 0 saturated carbocycles. The van der Waals surface area contributed by atoms with E-state index in [9.17, 15) is 4.79 Å². The average molecular weight is 282 g/mol. The lowest BCUT2D eigenvalue weighted by Gasteiger charge is -2.30. The fraction of sp³-hybridized carbons (Fsp3) is 0.235. The number of benzene rings is 2. The fourth-order valence-corrected chi connectivity index (χ4v) is 2.50. The maximum atomic E-state index is 11.0. The van der Waals surface area contributed by atoms with E-state index in [-0.39, 0.29) is 12.5 Å². The number of nitrogens with two attached hydrogens (primary N) is 1. The highest BCUT2D eigenvalue weighted by Gasteiger charge is 2.19. The van der Waals surface area contributed by atoms with Crippen LogP contribution in [0.1, 0.15) is 13.3 Å². The summed E-state index contributed by atoms with van der Waals surface area (Å²) in [6.07, 6.45) is 5.47. The first-order chi connectivity index (χ1) is 10.0. The standard InChI is InChI=1S/C17H18N2O2/c1-3-10-19(12(2)11-17(20)21)16-9-8-15(18)13-6-4-5-7-14(13)16/h1,4-9,12H,10-11,18H2,2H3,(H,20,21)/t12-/m0/s1. The van der Waals surface area contributed by atoms with Crippen molar-refractivity contribution in [3.8, 4) is 12.3 Å². The van der Waals surface area contributed by atoms with Crippen LogP contribution in [0.5, 0.6) is 0 Å². The molecule has 2 aromatic carbocycles. The van der Waals surface area contributed by atoms with Crippen molar-refractivity contribution in [1.82, 2.24) is 0 Å². The molecule has 3 N–H and O–H groups in total. The Morgan fingerprint density at radius 1 is 1.33 bits per heavy atom. The summed E-state index contributed by atoms with van der Waals surface area (Å²) in [5, 5.41) is 10.9. The molecule has 21 heavy (non-hydrogen) atoms. The van der Waals surface area contributed by atoms with Crippen LogP contribution in [-0.2, 0) is 4.79 Å². The van der Waals surface area contributed by atoms with Gasteiger partial charge in [0, 0.05) is 28.2 Å². The van der Waals surface area contributed by atoms with Crippen LogP contribution >= 0.6 is 0 Å². The highest BCUT2D eigenvalue weighted by molar-refractivity contribution is 6.01. The Hall–Kier alpha value is -2.67. The van der Waals surface area contributed by atoms with Gasteiger partial charge in [-0.15, -0.1) is 6.42 Å². The van der Waals surface area contributed by atoms with Crippen molar-refractivity contribution in [1.29, 1.82) is 0 Å². The third-order valence-corrected chi connectivity index (χ3v) is 3.51. The van der Waals surface area contributed by atoms with Crippen molar-refractivity contribution in [2.75, 3.05) is 17.2 Å². The molecule has 0 aliphatic rings. The number of anilines is 2. The summed E-state index contributed by atoms with van der Waals surface area (Å²) >= 11 is 0. The van der Waals surface area contributed by atoms with Crippen molar-refractivity contribution in [2.24, 2.45) is 0 Å². The van der Waals surface area contributed by atoms with Crippen LogP contribution in [0.3, 0.4) is 0 Å². The van der Waals surface area contributed by atoms with Crippen molar-refractivity contribution >= 4 is 28.1 Å². The number of nitrogen functional groups attached to an aromatic ring is 1. The summed E-state index contributed by atoms with van der Waals surface area (Å²) in [5.41, 5.74) is 7.61. The predicted molar refractivity (Wildman–Crippen MR) is 86.3 cm³/mol. The normalized spacial score (nSPS) is 11.8. The summed E-state index contributed by atoms with van der Waals surface area (Å²) in [7, 11) is 0. The van der Waals surface area contributed by atoms with Gasteiger partial charge in [-0.3, -0.25) is 4.79 Å². The van der Waals surface area contributed by atoms with Crippen molar-refractivity contribution in [2.45, 2.75) is 19.4 Å². The number of carboxylic acid groups (broad SMARTS) is 1. The summed E-state index contributed by atoms with van der Waals surface area (Å²) in [4.78, 5) is 12.9. The zero-order chi connectivity index (χ0) is 15.4. The summed E-state index contributed by atoms with van der Waals surface area (Å²) in [6.45, 7) is 2.21. The molecule has 4 nitrogen and oxygen atoms in total. The molecule has 0 saturated heterocycles. The largest absolute Gasteiger partial charge is 0.481 e. The molecule has 108 valence electrons. The average Bonchev–Trinajstić information content (AvgIpc) is 2.45. The van der Waals surface area contributed by atoms with Gasteiger partial charge in [-0.25, -0.2) is 0 Å². The lowest BCUT2D eigenvalue weighted by molar-refractivity contribution is -0.137. The van der Waals surface area contributed by atoms with Gasteiger partial charge in [-0.2, -0.15) is 0 Å². The first-order valence-electron chi connectivity index (χ1n) is 6.73. The summed E-state index contributed by atoms with van der Waals surface area (Å²) < 4.78 is 0. The minimum absolute atomic E-state index is 0.0282. The third kappa shape index (κ3) is 3.09. The van der Waals surface area contributed by atoms with Crippen LogP contribution in [0.25, 0.3) is 10.8 Å². The van der Waals surface area contributed by atoms with Gasteiger partial charge < -0.3 is 15.7 Å². The number of fused-ring (bicyclic) bond motifs is 1. The number of nitrogens with zero attached hydrogens (tertiary/aromatic N) is 1. The maximum absolute atomic E-state index is 11.0. The number of rotatable bonds is 5. The van der Waals surface area contributed by atoms with Gasteiger partial charge in [0.1, 0.15) is 0 Å². The van der Waals surface area contributed by atoms with Gasteiger partial charge in [0.05, 0.1) is 13.0 Å². The molecule has 0 heterocycles. The number of hydrogen-bond acceptors (Lipinski definition) is 3. The van der Waals surface area contributed by atoms with E-state index < -0.39 is 5.97 Å². The lowest BCUT2D eigenvalue weighted by Crippen LogP contribution is -2.35. The second-order valence-corrected chi connectivity index (χ2v) is 5.00. The Kier molecular flexibility index (Phi) is 4.34. The number of carbonyl (C=O) groups is 1. The molecule has 0 aromatic heterocycles. The molecule has 2 aromatic rings. The quantitative estimate of drug-likeness (QED) is 0.653. The van der Waals surface area contributed by atoms with Crippen LogP contribution in [-0.4, -0.2) is 23.7 Å². The van der Waals surface area contributed by atoms with E-state index >= 15 is 0 Å². The molecule has 2 rings (SSSR count). The van der Waals surface area contributed by atoms with Gasteiger partial charge in [0.15, 0.2) is 0 Å². The molecule has 0 aliphatic carbocycles. The van der Waals surface area contributed by atoms with E-state index in [4.69, 9.17) is 17.3 Å². The lowest BCUT2D eigenvalue weighted by atomic mass is 10.0. The number of hydrogen-bond donors (Lipinski definition) is 2. The van der Waals surface area contributed by atoms with Crippen molar-refractivity contribution in [3.05, 3.63) is 36.4 Å². The first kappa shape index (κ1) is 14.7. The second-order valence-electron chi connectivity index (χ2n) is 5.00. The molecule has 0 spiro atoms. The topological polar surface area (TPSA) is 66.6 Å². The minimum Gasteiger partial charge on any atom is -0.481 e. The number of carboxylic acids is 1. The first-order valence-corrected chi connectivity index (χ1v) is 6.73. The Bertz CT molecular complexity index is 703. The highest BCUT2D eigenvalue weighted by atomic mass is 16.4. The number of aliphatic carboxylic acids is 1. The molecule has 0 aliphatic heterocycles. The van der Waals surface area contributed by atoms with Crippen LogP contribution in [0.2, 0.25) is 0 Å². The summed E-state index contributed by atoms with van der Waals surface area (Å²) in [5.74, 6) is 1.76. The fourth-order valence-electron chi connectivity index (χ4n) is 2.50. The van der Waals surface area contributed by atoms with E-state index in [2.05, 4.69) is 5.92 Å². The third-order valence-electron chi connectivity index (χ3n) is 3.51. The van der Waals surface area contributed by atoms with Gasteiger partial charge in [0.25, 0.3) is 0 Å². The van der Waals surface area contributed by atoms with Gasteiger partial charge in [0.2, 0.25) is 0 Å². The Morgan fingerprint density at radius 3 is 2.62 bits per heavy atom. The van der Waals surface area contributed by atoms with E-state index in [0.29, 0.717) is 12.2 Å². The Labute approximate surface area is 124 Å². The van der Waals surface area contributed by atoms with Crippen molar-refractivity contribution < 1.29 is 9.90 Å². The van der Waals surface area contributed by atoms with E-state index in [1.54, 1.807) is 0 Å². The molecule has 4 heteroatoms. The van der Waals surface area contributed by atoms with Crippen LogP contribution in [0, 0.1) is 12.3 Å². The second kappa shape index (κ2) is 6.19. The van der Waals surface area contributed by atoms with Gasteiger partial charge in [-0.1, -0.05) is 30.2 Å². The Morgan fingerprint density at radius 2 is 2.00 bits per heavy atom. The molecule has 1 atom stereocenters. The summed E-state index contributed by atoms with van der Waals surface area (Å²) in [6, 6.07) is 11.3. The SMILES string of the molecule is C#CCN(c1ccc(N)c2ccccc12)[C@@H](C)CC(=O)O. The minimum atomic E-state index is -0.843. The van der Waals surface area contributed by atoms with E-state index in [1.165, 1.54) is 0 Å². The van der Waals surface area contributed by atoms with Crippen LogP contribution in [0.15, 0.2) is 36.4 Å². The molecule has 0 bridgehead atoms. The maximum Gasteiger partial charge on any atom is 0.305 e. The van der Waals surface area contributed by atoms with Gasteiger partial charge >= 0.3 is 5.97 Å². The molecule has 0 fully saturated rings. The molecule has 0 unspecified atom stereocenters. The molecule has 0 radical (unpaired) electrons. The van der Waals surface area contributed by atoms with Crippen LogP contribution in [0.4, 0.5) is 11.4 Å². The predicted octanol–water partition coefficient (Wildman–Crippen LogP) is 2.72.